The molecule has 1 aromatic heterocycles. The Morgan fingerprint density at radius 2 is 2.35 bits per heavy atom. The number of halogens is 1. The van der Waals surface area contributed by atoms with Crippen LogP contribution in [0.3, 0.4) is 0 Å². The van der Waals surface area contributed by atoms with E-state index < -0.39 is 0 Å². The zero-order valence-electron chi connectivity index (χ0n) is 11.4. The zero-order chi connectivity index (χ0) is 14.5. The van der Waals surface area contributed by atoms with Gasteiger partial charge in [-0.2, -0.15) is 5.26 Å². The lowest BCUT2D eigenvalue weighted by Gasteiger charge is -2.21. The second-order valence-electron chi connectivity index (χ2n) is 4.70. The summed E-state index contributed by atoms with van der Waals surface area (Å²) in [5.74, 6) is 0.448. The molecule has 0 unspecified atom stereocenters. The summed E-state index contributed by atoms with van der Waals surface area (Å²) in [6, 6.07) is 5.73. The van der Waals surface area contributed by atoms with Gasteiger partial charge in [-0.3, -0.25) is 4.79 Å². The molecule has 1 saturated carbocycles. The Morgan fingerprint density at radius 3 is 2.95 bits per heavy atom. The maximum Gasteiger partial charge on any atom is 0.274 e. The standard InChI is InChI=1S/C14H17ClN4O/c1-2-17-12-7-6-11(15)13(18-12)14(20)19(9-3-8-16)10-4-5-10/h6-7,10H,2-5,9H2,1H3,(H,17,18). The fourth-order valence-electron chi connectivity index (χ4n) is 2.01. The van der Waals surface area contributed by atoms with Crippen LogP contribution in [-0.4, -0.2) is 34.9 Å². The molecule has 2 rings (SSSR count). The Hall–Kier alpha value is -1.80. The van der Waals surface area contributed by atoms with Crippen molar-refractivity contribution in [3.8, 4) is 6.07 Å². The molecule has 20 heavy (non-hydrogen) atoms. The number of aromatic nitrogens is 1. The second-order valence-corrected chi connectivity index (χ2v) is 5.10. The van der Waals surface area contributed by atoms with E-state index in [1.165, 1.54) is 0 Å². The normalized spacial score (nSPS) is 13.7. The minimum Gasteiger partial charge on any atom is -0.370 e. The van der Waals surface area contributed by atoms with Crippen molar-refractivity contribution in [1.82, 2.24) is 9.88 Å². The quantitative estimate of drug-likeness (QED) is 0.875. The topological polar surface area (TPSA) is 69.0 Å². The summed E-state index contributed by atoms with van der Waals surface area (Å²) in [5, 5.41) is 12.1. The van der Waals surface area contributed by atoms with Crippen LogP contribution in [0, 0.1) is 11.3 Å². The third-order valence-corrected chi connectivity index (χ3v) is 3.42. The zero-order valence-corrected chi connectivity index (χ0v) is 12.2. The van der Waals surface area contributed by atoms with Crippen molar-refractivity contribution in [3.63, 3.8) is 0 Å². The molecule has 0 aromatic carbocycles. The van der Waals surface area contributed by atoms with Gasteiger partial charge in [0.2, 0.25) is 0 Å². The van der Waals surface area contributed by atoms with Gasteiger partial charge >= 0.3 is 0 Å². The van der Waals surface area contributed by atoms with Crippen molar-refractivity contribution < 1.29 is 4.79 Å². The van der Waals surface area contributed by atoms with Crippen LogP contribution in [-0.2, 0) is 0 Å². The number of nitriles is 1. The third-order valence-electron chi connectivity index (χ3n) is 3.12. The Kier molecular flexibility index (Phi) is 4.80. The van der Waals surface area contributed by atoms with Gasteiger partial charge < -0.3 is 10.2 Å². The van der Waals surface area contributed by atoms with E-state index in [1.807, 2.05) is 6.92 Å². The van der Waals surface area contributed by atoms with E-state index in [0.717, 1.165) is 19.4 Å². The van der Waals surface area contributed by atoms with E-state index >= 15 is 0 Å². The smallest absolute Gasteiger partial charge is 0.274 e. The number of pyridine rings is 1. The van der Waals surface area contributed by atoms with Gasteiger partial charge in [0, 0.05) is 19.1 Å². The maximum absolute atomic E-state index is 12.6. The lowest BCUT2D eigenvalue weighted by atomic mass is 10.2. The molecule has 1 N–H and O–H groups in total. The van der Waals surface area contributed by atoms with Crippen molar-refractivity contribution in [1.29, 1.82) is 5.26 Å². The molecule has 0 aliphatic heterocycles. The number of carbonyl (C=O) groups excluding carboxylic acids is 1. The van der Waals surface area contributed by atoms with Crippen LogP contribution in [0.25, 0.3) is 0 Å². The first-order chi connectivity index (χ1) is 9.67. The average Bonchev–Trinajstić information content (AvgIpc) is 3.26. The van der Waals surface area contributed by atoms with Crippen LogP contribution in [0.5, 0.6) is 0 Å². The first kappa shape index (κ1) is 14.6. The molecule has 106 valence electrons. The van der Waals surface area contributed by atoms with Crippen LogP contribution in [0.1, 0.15) is 36.7 Å². The fourth-order valence-corrected chi connectivity index (χ4v) is 2.20. The third kappa shape index (κ3) is 3.40. The Labute approximate surface area is 123 Å². The molecule has 1 fully saturated rings. The molecule has 0 saturated heterocycles. The summed E-state index contributed by atoms with van der Waals surface area (Å²) in [4.78, 5) is 18.6. The first-order valence-electron chi connectivity index (χ1n) is 6.75. The lowest BCUT2D eigenvalue weighted by Crippen LogP contribution is -2.34. The highest BCUT2D eigenvalue weighted by molar-refractivity contribution is 6.33. The number of nitrogens with one attached hydrogen (secondary N) is 1. The molecule has 0 radical (unpaired) electrons. The first-order valence-corrected chi connectivity index (χ1v) is 7.13. The number of amides is 1. The number of nitrogens with zero attached hydrogens (tertiary/aromatic N) is 3. The minimum absolute atomic E-state index is 0.187. The largest absolute Gasteiger partial charge is 0.370 e. The van der Waals surface area contributed by atoms with E-state index in [2.05, 4.69) is 16.4 Å². The molecule has 1 aliphatic rings. The SMILES string of the molecule is CCNc1ccc(Cl)c(C(=O)N(CCC#N)C2CC2)n1. The van der Waals surface area contributed by atoms with Gasteiger partial charge in [-0.15, -0.1) is 0 Å². The summed E-state index contributed by atoms with van der Waals surface area (Å²) < 4.78 is 0. The molecule has 1 aromatic rings. The van der Waals surface area contributed by atoms with E-state index in [1.54, 1.807) is 17.0 Å². The van der Waals surface area contributed by atoms with Crippen molar-refractivity contribution in [2.45, 2.75) is 32.2 Å². The molecule has 1 heterocycles. The summed E-state index contributed by atoms with van der Waals surface area (Å²) in [7, 11) is 0. The van der Waals surface area contributed by atoms with Crippen LogP contribution in [0.4, 0.5) is 5.82 Å². The van der Waals surface area contributed by atoms with Crippen LogP contribution >= 0.6 is 11.6 Å². The van der Waals surface area contributed by atoms with E-state index in [4.69, 9.17) is 16.9 Å². The fraction of sp³-hybridized carbons (Fsp3) is 0.500. The highest BCUT2D eigenvalue weighted by Crippen LogP contribution is 2.29. The minimum atomic E-state index is -0.187. The van der Waals surface area contributed by atoms with Crippen LogP contribution in [0.15, 0.2) is 12.1 Å². The number of hydrogen-bond acceptors (Lipinski definition) is 4. The van der Waals surface area contributed by atoms with Crippen LogP contribution in [0.2, 0.25) is 5.02 Å². The Morgan fingerprint density at radius 1 is 1.60 bits per heavy atom. The molecular weight excluding hydrogens is 276 g/mol. The predicted molar refractivity (Wildman–Crippen MR) is 77.7 cm³/mol. The van der Waals surface area contributed by atoms with Gasteiger partial charge in [-0.25, -0.2) is 4.98 Å². The predicted octanol–water partition coefficient (Wildman–Crippen LogP) is 2.69. The monoisotopic (exact) mass is 292 g/mol. The second kappa shape index (κ2) is 6.58. The van der Waals surface area contributed by atoms with Crippen molar-refractivity contribution in [3.05, 3.63) is 22.8 Å². The molecule has 1 amide bonds. The summed E-state index contributed by atoms with van der Waals surface area (Å²) in [6.07, 6.45) is 2.30. The van der Waals surface area contributed by atoms with Crippen molar-refractivity contribution in [2.75, 3.05) is 18.4 Å². The molecule has 0 bridgehead atoms. The Balaban J connectivity index is 2.21. The number of rotatable bonds is 6. The molecule has 5 nitrogen and oxygen atoms in total. The van der Waals surface area contributed by atoms with Crippen LogP contribution < -0.4 is 5.32 Å². The summed E-state index contributed by atoms with van der Waals surface area (Å²) in [5.41, 5.74) is 0.259. The highest BCUT2D eigenvalue weighted by Gasteiger charge is 2.34. The van der Waals surface area contributed by atoms with Gasteiger partial charge in [0.05, 0.1) is 17.5 Å². The van der Waals surface area contributed by atoms with E-state index in [-0.39, 0.29) is 17.6 Å². The molecule has 1 aliphatic carbocycles. The van der Waals surface area contributed by atoms with Gasteiger partial charge in [-0.1, -0.05) is 11.6 Å². The lowest BCUT2D eigenvalue weighted by molar-refractivity contribution is 0.0741. The maximum atomic E-state index is 12.6. The van der Waals surface area contributed by atoms with Gasteiger partial charge in [0.25, 0.3) is 5.91 Å². The van der Waals surface area contributed by atoms with E-state index in [9.17, 15) is 4.79 Å². The summed E-state index contributed by atoms with van der Waals surface area (Å²) >= 11 is 6.09. The molecular formula is C14H17ClN4O. The number of hydrogen-bond donors (Lipinski definition) is 1. The molecule has 0 spiro atoms. The highest BCUT2D eigenvalue weighted by atomic mass is 35.5. The number of carbonyl (C=O) groups is 1. The molecule has 6 heteroatoms. The average molecular weight is 293 g/mol. The Bertz CT molecular complexity index is 536. The van der Waals surface area contributed by atoms with Gasteiger partial charge in [0.15, 0.2) is 0 Å². The summed E-state index contributed by atoms with van der Waals surface area (Å²) in [6.45, 7) is 3.12. The number of anilines is 1. The van der Waals surface area contributed by atoms with Gasteiger partial charge in [-0.05, 0) is 31.9 Å². The van der Waals surface area contributed by atoms with E-state index in [0.29, 0.717) is 23.8 Å². The van der Waals surface area contributed by atoms with Crippen molar-refractivity contribution >= 4 is 23.3 Å². The van der Waals surface area contributed by atoms with Gasteiger partial charge in [0.1, 0.15) is 11.5 Å². The van der Waals surface area contributed by atoms with Crippen molar-refractivity contribution in [2.24, 2.45) is 0 Å². The molecule has 0 atom stereocenters.